The number of allylic oxidation sites excluding steroid dienone is 2. The Morgan fingerprint density at radius 3 is 1.38 bits per heavy atom. The molecule has 0 saturated carbocycles. The highest BCUT2D eigenvalue weighted by molar-refractivity contribution is 5.69. The van der Waals surface area contributed by atoms with Crippen LogP contribution in [0.2, 0.25) is 0 Å². The average Bonchev–Trinajstić information content (AvgIpc) is 2.93. The molecule has 0 fully saturated rings. The van der Waals surface area contributed by atoms with Gasteiger partial charge in [0.25, 0.3) is 0 Å². The summed E-state index contributed by atoms with van der Waals surface area (Å²) in [7, 11) is 0. The summed E-state index contributed by atoms with van der Waals surface area (Å²) < 4.78 is 217. The number of rotatable bonds is 24. The Morgan fingerprint density at radius 2 is 0.933 bits per heavy atom. The zero-order valence-corrected chi connectivity index (χ0v) is 24.2. The van der Waals surface area contributed by atoms with E-state index in [9.17, 15) is 75.0 Å². The van der Waals surface area contributed by atoms with Crippen molar-refractivity contribution in [2.45, 2.75) is 145 Å². The van der Waals surface area contributed by atoms with E-state index in [-0.39, 0.29) is 6.42 Å². The smallest absolute Gasteiger partial charge is 0.385 e. The van der Waals surface area contributed by atoms with Crippen LogP contribution in [0, 0.1) is 0 Å². The van der Waals surface area contributed by atoms with Crippen LogP contribution in [0.3, 0.4) is 0 Å². The summed E-state index contributed by atoms with van der Waals surface area (Å²) in [5.41, 5.74) is 0. The second-order valence-corrected chi connectivity index (χ2v) is 10.5. The van der Waals surface area contributed by atoms with Gasteiger partial charge in [0, 0.05) is 6.42 Å². The molecule has 268 valence electrons. The van der Waals surface area contributed by atoms with E-state index in [1.807, 2.05) is 6.08 Å². The summed E-state index contributed by atoms with van der Waals surface area (Å²) in [6, 6.07) is 0. The normalized spacial score (nSPS) is 14.5. The van der Waals surface area contributed by atoms with Crippen molar-refractivity contribution in [1.29, 1.82) is 0 Å². The van der Waals surface area contributed by atoms with Crippen molar-refractivity contribution in [1.82, 2.24) is 0 Å². The number of hydrogen-bond acceptors (Lipinski definition) is 2. The van der Waals surface area contributed by atoms with Crippen LogP contribution < -0.4 is 0 Å². The maximum atomic E-state index is 13.8. The number of hydrogen-bond donors (Lipinski definition) is 0. The van der Waals surface area contributed by atoms with E-state index in [4.69, 9.17) is 0 Å². The number of halogens is 16. The first-order valence-corrected chi connectivity index (χ1v) is 14.1. The van der Waals surface area contributed by atoms with Gasteiger partial charge in [-0.15, -0.1) is 0 Å². The lowest BCUT2D eigenvalue weighted by Gasteiger charge is -2.42. The Bertz CT molecular complexity index is 903. The minimum Gasteiger partial charge on any atom is -0.459 e. The van der Waals surface area contributed by atoms with Gasteiger partial charge >= 0.3 is 53.9 Å². The molecule has 0 rings (SSSR count). The predicted molar refractivity (Wildman–Crippen MR) is 131 cm³/mol. The van der Waals surface area contributed by atoms with Gasteiger partial charge in [0.1, 0.15) is 0 Å². The summed E-state index contributed by atoms with van der Waals surface area (Å²) in [5, 5.41) is 0. The molecule has 0 aromatic carbocycles. The molecule has 0 aliphatic rings. The number of carbonyl (C=O) groups is 1. The molecule has 0 bridgehead atoms. The Morgan fingerprint density at radius 1 is 0.556 bits per heavy atom. The molecule has 0 atom stereocenters. The van der Waals surface area contributed by atoms with E-state index in [2.05, 4.69) is 17.7 Å². The van der Waals surface area contributed by atoms with Crippen molar-refractivity contribution in [2.75, 3.05) is 6.61 Å². The quantitative estimate of drug-likeness (QED) is 0.0435. The topological polar surface area (TPSA) is 26.3 Å². The summed E-state index contributed by atoms with van der Waals surface area (Å²) in [5.74, 6) is -56.9. The molecule has 0 spiro atoms. The highest BCUT2D eigenvalue weighted by Gasteiger charge is 2.93. The van der Waals surface area contributed by atoms with Gasteiger partial charge in [-0.25, -0.2) is 8.78 Å². The average molecular weight is 697 g/mol. The molecule has 0 aliphatic heterocycles. The third-order valence-electron chi connectivity index (χ3n) is 6.79. The first kappa shape index (κ1) is 43.1. The van der Waals surface area contributed by atoms with Gasteiger partial charge in [-0.2, -0.15) is 61.5 Å². The molecule has 2 nitrogen and oxygen atoms in total. The molecule has 18 heteroatoms. The molecule has 0 aromatic heterocycles. The van der Waals surface area contributed by atoms with E-state index < -0.39 is 66.9 Å². The number of esters is 1. The number of alkyl halides is 16. The third kappa shape index (κ3) is 10.3. The van der Waals surface area contributed by atoms with Crippen LogP contribution in [0.5, 0.6) is 0 Å². The Hall–Kier alpha value is -1.91. The van der Waals surface area contributed by atoms with Crippen molar-refractivity contribution >= 4 is 5.97 Å². The van der Waals surface area contributed by atoms with Crippen molar-refractivity contribution in [3.63, 3.8) is 0 Å². The molecule has 0 aromatic rings. The van der Waals surface area contributed by atoms with Crippen LogP contribution in [0.1, 0.15) is 96.8 Å². The second-order valence-electron chi connectivity index (χ2n) is 10.5. The standard InChI is InChI=1S/C27H36F16O2/c1-2-3-4-5-6-7-8-9-10-11-12-13-14-15-16-17-19(44)45-18-21(30,31)23(34,35)25(38,39)27(42,43)26(40,41)24(36,37)22(32,33)20(28)29/h9-10,20H,2-8,11-18H2,1H3/b10-9-. The molecule has 0 unspecified atom stereocenters. The van der Waals surface area contributed by atoms with Crippen molar-refractivity contribution in [3.05, 3.63) is 12.2 Å². The fourth-order valence-electron chi connectivity index (χ4n) is 3.84. The molecule has 45 heavy (non-hydrogen) atoms. The number of unbranched alkanes of at least 4 members (excludes halogenated alkanes) is 11. The first-order chi connectivity index (χ1) is 20.4. The molecule has 0 amide bonds. The fraction of sp³-hybridized carbons (Fsp3) is 0.889. The first-order valence-electron chi connectivity index (χ1n) is 14.1. The molecule has 0 saturated heterocycles. The maximum absolute atomic E-state index is 13.8. The van der Waals surface area contributed by atoms with E-state index in [0.29, 0.717) is 19.3 Å². The van der Waals surface area contributed by atoms with Gasteiger partial charge < -0.3 is 4.74 Å². The highest BCUT2D eigenvalue weighted by Crippen LogP contribution is 2.62. The van der Waals surface area contributed by atoms with Crippen LogP contribution >= 0.6 is 0 Å². The van der Waals surface area contributed by atoms with E-state index in [1.54, 1.807) is 0 Å². The lowest BCUT2D eigenvalue weighted by atomic mass is 9.89. The SMILES string of the molecule is CCCCCCCC/C=C\CCCCCCCC(=O)OCC(F)(F)C(F)(F)C(F)(F)C(F)(F)C(F)(F)C(F)(F)C(F)(F)C(F)F. The van der Waals surface area contributed by atoms with Crippen molar-refractivity contribution in [2.24, 2.45) is 0 Å². The Balaban J connectivity index is 4.89. The van der Waals surface area contributed by atoms with E-state index >= 15 is 0 Å². The molecule has 0 heterocycles. The highest BCUT2D eigenvalue weighted by atomic mass is 19.4. The van der Waals surface area contributed by atoms with E-state index in [1.165, 1.54) is 19.3 Å². The molecular weight excluding hydrogens is 660 g/mol. The monoisotopic (exact) mass is 696 g/mol. The molecular formula is C27H36F16O2. The molecule has 0 N–H and O–H groups in total. The van der Waals surface area contributed by atoms with Crippen LogP contribution in [0.4, 0.5) is 70.2 Å². The summed E-state index contributed by atoms with van der Waals surface area (Å²) >= 11 is 0. The predicted octanol–water partition coefficient (Wildman–Crippen LogP) is 11.3. The van der Waals surface area contributed by atoms with Gasteiger partial charge in [0.15, 0.2) is 6.61 Å². The van der Waals surface area contributed by atoms with E-state index in [0.717, 1.165) is 38.5 Å². The number of ether oxygens (including phenoxy) is 1. The van der Waals surface area contributed by atoms with Crippen LogP contribution in [-0.4, -0.2) is 60.5 Å². The van der Waals surface area contributed by atoms with Crippen molar-refractivity contribution < 1.29 is 79.8 Å². The summed E-state index contributed by atoms with van der Waals surface area (Å²) in [4.78, 5) is 11.5. The van der Waals surface area contributed by atoms with Gasteiger partial charge in [0.2, 0.25) is 0 Å². The lowest BCUT2D eigenvalue weighted by Crippen LogP contribution is -2.74. The summed E-state index contributed by atoms with van der Waals surface area (Å²) in [6.07, 6.45) is 8.29. The number of carbonyl (C=O) groups excluding carboxylic acids is 1. The van der Waals surface area contributed by atoms with Crippen LogP contribution in [0.25, 0.3) is 0 Å². The fourth-order valence-corrected chi connectivity index (χ4v) is 3.84. The minimum atomic E-state index is -8.47. The second kappa shape index (κ2) is 17.3. The summed E-state index contributed by atoms with van der Waals surface area (Å²) in [6.45, 7) is -1.01. The third-order valence-corrected chi connectivity index (χ3v) is 6.79. The zero-order chi connectivity index (χ0) is 35.4. The lowest BCUT2D eigenvalue weighted by molar-refractivity contribution is -0.447. The van der Waals surface area contributed by atoms with Gasteiger partial charge in [-0.3, -0.25) is 4.79 Å². The molecule has 0 radical (unpaired) electrons. The van der Waals surface area contributed by atoms with Gasteiger partial charge in [-0.05, 0) is 32.1 Å². The van der Waals surface area contributed by atoms with Crippen LogP contribution in [0.15, 0.2) is 12.2 Å². The Kier molecular flexibility index (Phi) is 16.6. The van der Waals surface area contributed by atoms with Gasteiger partial charge in [-0.1, -0.05) is 70.4 Å². The van der Waals surface area contributed by atoms with Crippen molar-refractivity contribution in [3.8, 4) is 0 Å². The Labute approximate surface area is 249 Å². The minimum absolute atomic E-state index is 0.0808. The van der Waals surface area contributed by atoms with Gasteiger partial charge in [0.05, 0.1) is 0 Å². The zero-order valence-electron chi connectivity index (χ0n) is 24.2. The largest absolute Gasteiger partial charge is 0.459 e. The van der Waals surface area contributed by atoms with Crippen LogP contribution in [-0.2, 0) is 9.53 Å². The maximum Gasteiger partial charge on any atom is 0.385 e. The molecule has 0 aliphatic carbocycles.